The van der Waals surface area contributed by atoms with Crippen LogP contribution in [-0.2, 0) is 9.47 Å². The summed E-state index contributed by atoms with van der Waals surface area (Å²) in [6.45, 7) is 2.99. The van der Waals surface area contributed by atoms with E-state index in [2.05, 4.69) is 52.9 Å². The number of aryl methyl sites for hydroxylation is 1. The van der Waals surface area contributed by atoms with Gasteiger partial charge in [0.05, 0.1) is 19.3 Å². The molecule has 1 aromatic heterocycles. The second-order valence-electron chi connectivity index (χ2n) is 6.86. The maximum atomic E-state index is 10.00. The van der Waals surface area contributed by atoms with Gasteiger partial charge in [-0.1, -0.05) is 36.4 Å². The largest absolute Gasteiger partial charge is 0.388 e. The Hall–Kier alpha value is -2.21. The van der Waals surface area contributed by atoms with Crippen LogP contribution in [0.25, 0.3) is 22.2 Å². The van der Waals surface area contributed by atoms with Crippen LogP contribution in [0.1, 0.15) is 11.6 Å². The van der Waals surface area contributed by atoms with Crippen LogP contribution >= 0.6 is 0 Å². The van der Waals surface area contributed by atoms with E-state index in [-0.39, 0.29) is 18.2 Å². The van der Waals surface area contributed by atoms with E-state index in [0.717, 1.165) is 11.4 Å². The normalized spacial score (nSPS) is 28.6. The number of hydrogen-bond acceptors (Lipinski definition) is 4. The second-order valence-corrected chi connectivity index (χ2v) is 6.86. The van der Waals surface area contributed by atoms with Crippen molar-refractivity contribution in [3.8, 4) is 11.4 Å². The molecule has 2 aliphatic rings. The highest BCUT2D eigenvalue weighted by atomic mass is 16.6. The lowest BCUT2D eigenvalue weighted by molar-refractivity contribution is 0.0172. The molecule has 2 aromatic carbocycles. The van der Waals surface area contributed by atoms with Crippen LogP contribution in [0, 0.1) is 6.92 Å². The summed E-state index contributed by atoms with van der Waals surface area (Å²) in [5, 5.41) is 12.4. The Morgan fingerprint density at radius 3 is 2.72 bits per heavy atom. The van der Waals surface area contributed by atoms with E-state index in [1.165, 1.54) is 16.3 Å². The topological polar surface area (TPSA) is 56.5 Å². The lowest BCUT2D eigenvalue weighted by Crippen LogP contribution is -2.30. The van der Waals surface area contributed by atoms with Gasteiger partial charge in [0.2, 0.25) is 0 Å². The molecule has 0 bridgehead atoms. The molecule has 3 aromatic rings. The van der Waals surface area contributed by atoms with Gasteiger partial charge in [-0.25, -0.2) is 4.98 Å². The molecule has 5 nitrogen and oxygen atoms in total. The van der Waals surface area contributed by atoms with E-state index in [4.69, 9.17) is 9.47 Å². The monoisotopic (exact) mass is 336 g/mol. The first-order valence-corrected chi connectivity index (χ1v) is 8.67. The molecular weight excluding hydrogens is 316 g/mol. The van der Waals surface area contributed by atoms with Gasteiger partial charge in [0.15, 0.2) is 0 Å². The minimum atomic E-state index is -0.540. The molecule has 2 fully saturated rings. The van der Waals surface area contributed by atoms with Crippen LogP contribution in [-0.4, -0.2) is 46.2 Å². The fourth-order valence-electron chi connectivity index (χ4n) is 4.13. The van der Waals surface area contributed by atoms with E-state index < -0.39 is 6.10 Å². The predicted molar refractivity (Wildman–Crippen MR) is 94.4 cm³/mol. The summed E-state index contributed by atoms with van der Waals surface area (Å²) in [6.07, 6.45) is 2.90. The molecule has 0 saturated carbocycles. The van der Waals surface area contributed by atoms with Gasteiger partial charge in [0, 0.05) is 18.0 Å². The van der Waals surface area contributed by atoms with Crippen molar-refractivity contribution in [1.82, 2.24) is 9.55 Å². The zero-order valence-electron chi connectivity index (χ0n) is 14.0. The van der Waals surface area contributed by atoms with E-state index in [9.17, 15) is 5.11 Å². The fraction of sp³-hybridized carbons (Fsp3) is 0.350. The summed E-state index contributed by atoms with van der Waals surface area (Å²) < 4.78 is 13.7. The number of benzene rings is 2. The van der Waals surface area contributed by atoms with Gasteiger partial charge in [-0.2, -0.15) is 0 Å². The quantitative estimate of drug-likeness (QED) is 0.782. The SMILES string of the molecule is Cc1ccc(-c2nccn2[C@@H]2CO[C@H]3[C@@H]2OC[C@H]3O)c2ccccc12. The Balaban J connectivity index is 1.62. The molecule has 0 radical (unpaired) electrons. The third kappa shape index (κ3) is 2.24. The zero-order chi connectivity index (χ0) is 17.0. The van der Waals surface area contributed by atoms with Crippen LogP contribution in [0.15, 0.2) is 48.8 Å². The van der Waals surface area contributed by atoms with Crippen LogP contribution in [0.4, 0.5) is 0 Å². The van der Waals surface area contributed by atoms with Crippen molar-refractivity contribution in [2.24, 2.45) is 0 Å². The Morgan fingerprint density at radius 1 is 1.04 bits per heavy atom. The van der Waals surface area contributed by atoms with E-state index >= 15 is 0 Å². The van der Waals surface area contributed by atoms with Gasteiger partial charge in [-0.3, -0.25) is 0 Å². The summed E-state index contributed by atoms with van der Waals surface area (Å²) >= 11 is 0. The van der Waals surface area contributed by atoms with Crippen molar-refractivity contribution in [3.05, 3.63) is 54.4 Å². The first-order valence-electron chi connectivity index (χ1n) is 8.67. The van der Waals surface area contributed by atoms with Crippen molar-refractivity contribution in [1.29, 1.82) is 0 Å². The van der Waals surface area contributed by atoms with Gasteiger partial charge in [-0.05, 0) is 23.3 Å². The first kappa shape index (κ1) is 15.1. The average Bonchev–Trinajstić information content (AvgIpc) is 3.33. The van der Waals surface area contributed by atoms with Crippen LogP contribution in [0.3, 0.4) is 0 Å². The molecule has 3 heterocycles. The number of fused-ring (bicyclic) bond motifs is 2. The minimum Gasteiger partial charge on any atom is -0.388 e. The van der Waals surface area contributed by atoms with Crippen LogP contribution < -0.4 is 0 Å². The van der Waals surface area contributed by atoms with Crippen LogP contribution in [0.2, 0.25) is 0 Å². The first-order chi connectivity index (χ1) is 12.2. The number of aromatic nitrogens is 2. The summed E-state index contributed by atoms with van der Waals surface area (Å²) in [4.78, 5) is 4.63. The molecule has 128 valence electrons. The standard InChI is InChI=1S/C20H20N2O3/c1-12-6-7-15(14-5-3-2-4-13(12)14)20-21-8-9-22(20)16-10-24-19-17(23)11-25-18(16)19/h2-9,16-19,23H,10-11H2,1H3/t16-,17-,18-,19-/m1/s1. The van der Waals surface area contributed by atoms with E-state index in [0.29, 0.717) is 13.2 Å². The highest BCUT2D eigenvalue weighted by Gasteiger charge is 2.48. The number of rotatable bonds is 2. The maximum absolute atomic E-state index is 10.00. The molecule has 25 heavy (non-hydrogen) atoms. The lowest BCUT2D eigenvalue weighted by Gasteiger charge is -2.20. The summed E-state index contributed by atoms with van der Waals surface area (Å²) in [5.74, 6) is 0.912. The van der Waals surface area contributed by atoms with Crippen molar-refractivity contribution in [3.63, 3.8) is 0 Å². The molecule has 0 amide bonds. The number of hydrogen-bond donors (Lipinski definition) is 1. The highest BCUT2D eigenvalue weighted by Crippen LogP contribution is 2.38. The number of aliphatic hydroxyl groups excluding tert-OH is 1. The molecule has 5 heteroatoms. The fourth-order valence-corrected chi connectivity index (χ4v) is 4.13. The summed E-state index contributed by atoms with van der Waals surface area (Å²) in [7, 11) is 0. The van der Waals surface area contributed by atoms with Crippen LogP contribution in [0.5, 0.6) is 0 Å². The highest BCUT2D eigenvalue weighted by molar-refractivity contribution is 5.97. The van der Waals surface area contributed by atoms with E-state index in [1.54, 1.807) is 0 Å². The van der Waals surface area contributed by atoms with E-state index in [1.807, 2.05) is 12.4 Å². The Bertz CT molecular complexity index is 936. The van der Waals surface area contributed by atoms with Gasteiger partial charge in [0.25, 0.3) is 0 Å². The number of aliphatic hydroxyl groups is 1. The Morgan fingerprint density at radius 2 is 1.84 bits per heavy atom. The predicted octanol–water partition coefficient (Wildman–Crippen LogP) is 2.71. The van der Waals surface area contributed by atoms with Crippen molar-refractivity contribution in [2.75, 3.05) is 13.2 Å². The molecule has 4 atom stereocenters. The molecule has 5 rings (SSSR count). The Labute approximate surface area is 145 Å². The maximum Gasteiger partial charge on any atom is 0.140 e. The van der Waals surface area contributed by atoms with Gasteiger partial charge in [0.1, 0.15) is 24.1 Å². The number of ether oxygens (including phenoxy) is 2. The van der Waals surface area contributed by atoms with Crippen molar-refractivity contribution >= 4 is 10.8 Å². The molecule has 0 aliphatic carbocycles. The molecule has 1 N–H and O–H groups in total. The lowest BCUT2D eigenvalue weighted by atomic mass is 9.99. The van der Waals surface area contributed by atoms with Crippen molar-refractivity contribution < 1.29 is 14.6 Å². The molecule has 0 unspecified atom stereocenters. The third-order valence-corrected chi connectivity index (χ3v) is 5.41. The smallest absolute Gasteiger partial charge is 0.140 e. The average molecular weight is 336 g/mol. The number of nitrogens with zero attached hydrogens (tertiary/aromatic N) is 2. The van der Waals surface area contributed by atoms with Gasteiger partial charge in [-0.15, -0.1) is 0 Å². The molecular formula is C20H20N2O3. The molecule has 0 spiro atoms. The zero-order valence-corrected chi connectivity index (χ0v) is 14.0. The third-order valence-electron chi connectivity index (χ3n) is 5.41. The van der Waals surface area contributed by atoms with Gasteiger partial charge >= 0.3 is 0 Å². The van der Waals surface area contributed by atoms with Crippen molar-refractivity contribution in [2.45, 2.75) is 31.3 Å². The summed E-state index contributed by atoms with van der Waals surface area (Å²) in [5.41, 5.74) is 2.36. The molecule has 2 aliphatic heterocycles. The van der Waals surface area contributed by atoms with Gasteiger partial charge < -0.3 is 19.1 Å². The minimum absolute atomic E-state index is 0.0275. The molecule has 2 saturated heterocycles. The summed E-state index contributed by atoms with van der Waals surface area (Å²) in [6, 6.07) is 12.7. The second kappa shape index (κ2) is 5.66. The number of imidazole rings is 1. The Kier molecular flexibility index (Phi) is 3.41.